The van der Waals surface area contributed by atoms with Crippen molar-refractivity contribution in [2.24, 2.45) is 0 Å². The number of hydrogen-bond donors (Lipinski definition) is 0. The van der Waals surface area contributed by atoms with Gasteiger partial charge in [-0.2, -0.15) is 57.9 Å². The quantitative estimate of drug-likeness (QED) is 0.283. The average molecular weight is 566 g/mol. The summed E-state index contributed by atoms with van der Waals surface area (Å²) in [5, 5.41) is 59.5. The van der Waals surface area contributed by atoms with Crippen molar-refractivity contribution in [3.05, 3.63) is 115 Å². The molecule has 0 amide bonds. The summed E-state index contributed by atoms with van der Waals surface area (Å²) >= 11 is 0. The van der Waals surface area contributed by atoms with Crippen LogP contribution < -0.4 is 0 Å². The Kier molecular flexibility index (Phi) is 7.05. The van der Waals surface area contributed by atoms with E-state index in [1.807, 2.05) is 12.1 Å². The van der Waals surface area contributed by atoms with Crippen molar-refractivity contribution < 1.29 is 26.3 Å². The lowest BCUT2D eigenvalue weighted by molar-refractivity contribution is -0.138. The first-order valence-corrected chi connectivity index (χ1v) is 11.4. The molecule has 0 aliphatic heterocycles. The predicted molar refractivity (Wildman–Crippen MR) is 131 cm³/mol. The largest absolute Gasteiger partial charge is 0.416 e. The van der Waals surface area contributed by atoms with E-state index in [-0.39, 0.29) is 55.7 Å². The highest BCUT2D eigenvalue weighted by Crippen LogP contribution is 2.57. The van der Waals surface area contributed by atoms with Crippen molar-refractivity contribution in [1.82, 2.24) is 0 Å². The minimum absolute atomic E-state index is 0.0462. The van der Waals surface area contributed by atoms with Crippen molar-refractivity contribution in [2.45, 2.75) is 12.4 Å². The molecule has 0 unspecified atom stereocenters. The second kappa shape index (κ2) is 10.3. The summed E-state index contributed by atoms with van der Waals surface area (Å²) in [5.41, 5.74) is -5.63. The second-order valence-corrected chi connectivity index (χ2v) is 8.57. The van der Waals surface area contributed by atoms with Crippen LogP contribution in [-0.2, 0) is 12.4 Å². The van der Waals surface area contributed by atoms with Crippen LogP contribution in [0.25, 0.3) is 11.1 Å². The monoisotopic (exact) mass is 566 g/mol. The van der Waals surface area contributed by atoms with Gasteiger partial charge < -0.3 is 0 Å². The van der Waals surface area contributed by atoms with Gasteiger partial charge >= 0.3 is 12.4 Å². The van der Waals surface area contributed by atoms with Crippen molar-refractivity contribution in [1.29, 1.82) is 31.6 Å². The fraction of sp³-hybridized carbons (Fsp3) is 0.0667. The molecule has 0 heterocycles. The van der Waals surface area contributed by atoms with Crippen LogP contribution in [0.1, 0.15) is 22.3 Å². The lowest BCUT2D eigenvalue weighted by atomic mass is 9.84. The highest BCUT2D eigenvalue weighted by Gasteiger charge is 2.44. The molecule has 0 radical (unpaired) electrons. The maximum atomic E-state index is 13.2. The van der Waals surface area contributed by atoms with E-state index in [1.54, 1.807) is 24.3 Å². The number of benzene rings is 2. The fourth-order valence-electron chi connectivity index (χ4n) is 4.73. The molecule has 0 N–H and O–H groups in total. The summed E-state index contributed by atoms with van der Waals surface area (Å²) in [4.78, 5) is 0. The van der Waals surface area contributed by atoms with Crippen LogP contribution in [0.3, 0.4) is 0 Å². The van der Waals surface area contributed by atoms with Gasteiger partial charge in [-0.15, -0.1) is 0 Å². The lowest BCUT2D eigenvalue weighted by Gasteiger charge is -2.16. The SMILES string of the molecule is N#CC(C#N)=C1C2=C(C(C#N)=C1c1ccc(C(F)(F)F)cc1)C(=C(C#N)C#N)C(c1ccc(C(F)(F)F)cc1)=C2C#N. The molecular weight excluding hydrogens is 558 g/mol. The van der Waals surface area contributed by atoms with Gasteiger partial charge in [0.15, 0.2) is 0 Å². The van der Waals surface area contributed by atoms with Gasteiger partial charge in [0.25, 0.3) is 0 Å². The molecule has 42 heavy (non-hydrogen) atoms. The summed E-state index contributed by atoms with van der Waals surface area (Å²) in [7, 11) is 0. The third-order valence-electron chi connectivity index (χ3n) is 6.42. The van der Waals surface area contributed by atoms with Crippen LogP contribution in [0.2, 0.25) is 0 Å². The number of halogens is 6. The molecule has 0 atom stereocenters. The molecule has 0 bridgehead atoms. The maximum absolute atomic E-state index is 13.2. The highest BCUT2D eigenvalue weighted by molar-refractivity contribution is 6.11. The van der Waals surface area contributed by atoms with Crippen LogP contribution in [0.5, 0.6) is 0 Å². The molecule has 0 aromatic heterocycles. The molecule has 0 spiro atoms. The van der Waals surface area contributed by atoms with E-state index >= 15 is 0 Å². The Morgan fingerprint density at radius 3 is 0.952 bits per heavy atom. The van der Waals surface area contributed by atoms with E-state index in [1.165, 1.54) is 0 Å². The highest BCUT2D eigenvalue weighted by atomic mass is 19.4. The van der Waals surface area contributed by atoms with E-state index in [4.69, 9.17) is 0 Å². The van der Waals surface area contributed by atoms with Gasteiger partial charge in [0, 0.05) is 33.4 Å². The molecule has 0 fully saturated rings. The van der Waals surface area contributed by atoms with Gasteiger partial charge in [0.2, 0.25) is 0 Å². The number of allylic oxidation sites excluding steroid dienone is 10. The molecule has 200 valence electrons. The minimum atomic E-state index is -4.71. The number of nitriles is 6. The van der Waals surface area contributed by atoms with Gasteiger partial charge in [-0.05, 0) is 35.4 Å². The van der Waals surface area contributed by atoms with Gasteiger partial charge in [0.05, 0.1) is 22.3 Å². The molecule has 6 nitrogen and oxygen atoms in total. The zero-order chi connectivity index (χ0) is 31.0. The first-order valence-electron chi connectivity index (χ1n) is 11.4. The van der Waals surface area contributed by atoms with Crippen LogP contribution in [0.4, 0.5) is 26.3 Å². The maximum Gasteiger partial charge on any atom is 0.416 e. The van der Waals surface area contributed by atoms with Crippen LogP contribution in [0.15, 0.2) is 93.1 Å². The average Bonchev–Trinajstić information content (AvgIpc) is 3.46. The van der Waals surface area contributed by atoms with Crippen molar-refractivity contribution in [3.8, 4) is 36.4 Å². The normalized spacial score (nSPS) is 14.4. The van der Waals surface area contributed by atoms with Crippen molar-refractivity contribution in [2.75, 3.05) is 0 Å². The number of hydrogen-bond acceptors (Lipinski definition) is 6. The van der Waals surface area contributed by atoms with E-state index in [0.717, 1.165) is 24.3 Å². The molecule has 12 heteroatoms. The van der Waals surface area contributed by atoms with Gasteiger partial charge in [-0.25, -0.2) is 0 Å². The van der Waals surface area contributed by atoms with Crippen LogP contribution >= 0.6 is 0 Å². The molecular formula is C30H8F6N6. The Labute approximate surface area is 233 Å². The Balaban J connectivity index is 2.14. The smallest absolute Gasteiger partial charge is 0.192 e. The number of alkyl halides is 6. The van der Waals surface area contributed by atoms with Crippen LogP contribution in [0, 0.1) is 68.0 Å². The standard InChI is InChI=1S/C30H8F6N6/c31-29(32,33)19-5-1-15(2-6-19)23-21(13-41)27-26(18(11-39)12-40)24(16-3-7-20(8-4-16)30(34,35)36)22(14-42)28(27)25(23)17(9-37)10-38/h1-8H. The second-order valence-electron chi connectivity index (χ2n) is 8.57. The molecule has 2 aliphatic rings. The Hall–Kier alpha value is -6.34. The molecule has 2 aromatic rings. The third-order valence-corrected chi connectivity index (χ3v) is 6.42. The van der Waals surface area contributed by atoms with Gasteiger partial charge in [-0.1, -0.05) is 24.3 Å². The molecule has 2 aliphatic carbocycles. The fourth-order valence-corrected chi connectivity index (χ4v) is 4.73. The first-order chi connectivity index (χ1) is 19.9. The van der Waals surface area contributed by atoms with Crippen molar-refractivity contribution in [3.63, 3.8) is 0 Å². The van der Waals surface area contributed by atoms with E-state index in [9.17, 15) is 57.9 Å². The van der Waals surface area contributed by atoms with Gasteiger partial charge in [0.1, 0.15) is 47.6 Å². The molecule has 4 rings (SSSR count). The van der Waals surface area contributed by atoms with Gasteiger partial charge in [-0.3, -0.25) is 0 Å². The Morgan fingerprint density at radius 2 is 0.738 bits per heavy atom. The number of nitrogens with zero attached hydrogens (tertiary/aromatic N) is 6. The summed E-state index contributed by atoms with van der Waals surface area (Å²) in [6.45, 7) is 0. The molecule has 0 saturated heterocycles. The predicted octanol–water partition coefficient (Wildman–Crippen LogP) is 6.99. The minimum Gasteiger partial charge on any atom is -0.192 e. The van der Waals surface area contributed by atoms with Crippen molar-refractivity contribution >= 4 is 11.1 Å². The molecule has 2 aromatic carbocycles. The summed E-state index contributed by atoms with van der Waals surface area (Å²) in [6, 6.07) is 17.1. The third kappa shape index (κ3) is 4.47. The summed E-state index contributed by atoms with van der Waals surface area (Å²) < 4.78 is 79.3. The molecule has 0 saturated carbocycles. The Morgan fingerprint density at radius 1 is 0.452 bits per heavy atom. The van der Waals surface area contributed by atoms with E-state index in [2.05, 4.69) is 0 Å². The van der Waals surface area contributed by atoms with E-state index < -0.39 is 34.6 Å². The first kappa shape index (κ1) is 28.7. The Bertz CT molecular complexity index is 1800. The summed E-state index contributed by atoms with van der Waals surface area (Å²) in [6.07, 6.45) is -9.41. The van der Waals surface area contributed by atoms with E-state index in [0.29, 0.717) is 24.3 Å². The lowest BCUT2D eigenvalue weighted by Crippen LogP contribution is -2.06. The number of rotatable bonds is 2. The zero-order valence-electron chi connectivity index (χ0n) is 20.6. The zero-order valence-corrected chi connectivity index (χ0v) is 20.6. The van der Waals surface area contributed by atoms with Crippen LogP contribution in [-0.4, -0.2) is 0 Å². The summed E-state index contributed by atoms with van der Waals surface area (Å²) in [5.74, 6) is 0. The topological polar surface area (TPSA) is 143 Å².